The highest BCUT2D eigenvalue weighted by atomic mass is 16.7. The van der Waals surface area contributed by atoms with Crippen molar-refractivity contribution in [1.82, 2.24) is 0 Å². The molecule has 0 amide bonds. The van der Waals surface area contributed by atoms with Crippen LogP contribution in [0.15, 0.2) is 24.3 Å². The molecule has 1 aromatic carbocycles. The van der Waals surface area contributed by atoms with E-state index in [1.165, 1.54) is 5.56 Å². The van der Waals surface area contributed by atoms with Crippen molar-refractivity contribution >= 4 is 0 Å². The van der Waals surface area contributed by atoms with Crippen molar-refractivity contribution < 1.29 is 14.2 Å². The molecule has 2 N–H and O–H groups in total. The highest BCUT2D eigenvalue weighted by Gasteiger charge is 2.08. The Hall–Kier alpha value is -1.10. The lowest BCUT2D eigenvalue weighted by Crippen LogP contribution is -2.25. The van der Waals surface area contributed by atoms with Gasteiger partial charge in [-0.25, -0.2) is 0 Å². The van der Waals surface area contributed by atoms with Gasteiger partial charge in [-0.2, -0.15) is 0 Å². The first-order chi connectivity index (χ1) is 8.80. The fourth-order valence-corrected chi connectivity index (χ4v) is 1.60. The van der Waals surface area contributed by atoms with Crippen LogP contribution < -0.4 is 10.5 Å². The highest BCUT2D eigenvalue weighted by molar-refractivity contribution is 5.27. The summed E-state index contributed by atoms with van der Waals surface area (Å²) in [5, 5.41) is 0. The summed E-state index contributed by atoms with van der Waals surface area (Å²) in [4.78, 5) is 0. The minimum atomic E-state index is -0.302. The van der Waals surface area contributed by atoms with Crippen molar-refractivity contribution in [3.8, 4) is 5.75 Å². The van der Waals surface area contributed by atoms with Crippen LogP contribution in [0.1, 0.15) is 19.4 Å². The average molecular weight is 253 g/mol. The molecule has 0 saturated carbocycles. The molecular formula is C14H23NO3. The third-order valence-corrected chi connectivity index (χ3v) is 2.45. The van der Waals surface area contributed by atoms with E-state index in [1.807, 2.05) is 38.1 Å². The summed E-state index contributed by atoms with van der Waals surface area (Å²) in [6.07, 6.45) is 0.588. The zero-order chi connectivity index (χ0) is 13.2. The van der Waals surface area contributed by atoms with Crippen LogP contribution >= 0.6 is 0 Å². The minimum absolute atomic E-state index is 0.302. The summed E-state index contributed by atoms with van der Waals surface area (Å²) in [6.45, 7) is 6.17. The third kappa shape index (κ3) is 5.49. The van der Waals surface area contributed by atoms with E-state index in [0.29, 0.717) is 26.4 Å². The molecule has 0 aliphatic heterocycles. The van der Waals surface area contributed by atoms with Crippen molar-refractivity contribution in [3.05, 3.63) is 29.8 Å². The summed E-state index contributed by atoms with van der Waals surface area (Å²) < 4.78 is 16.4. The Morgan fingerprint density at radius 2 is 1.67 bits per heavy atom. The maximum absolute atomic E-state index is 5.63. The van der Waals surface area contributed by atoms with Crippen LogP contribution in [0.25, 0.3) is 0 Å². The smallest absolute Gasteiger partial charge is 0.191 e. The third-order valence-electron chi connectivity index (χ3n) is 2.45. The van der Waals surface area contributed by atoms with Gasteiger partial charge >= 0.3 is 0 Å². The first-order valence-electron chi connectivity index (χ1n) is 6.45. The van der Waals surface area contributed by atoms with E-state index in [1.54, 1.807) is 0 Å². The summed E-state index contributed by atoms with van der Waals surface area (Å²) in [5.74, 6) is 0.820. The molecule has 0 spiro atoms. The van der Waals surface area contributed by atoms with Gasteiger partial charge in [-0.05, 0) is 44.5 Å². The number of hydrogen-bond acceptors (Lipinski definition) is 4. The van der Waals surface area contributed by atoms with E-state index >= 15 is 0 Å². The van der Waals surface area contributed by atoms with Gasteiger partial charge in [0.2, 0.25) is 0 Å². The molecule has 0 radical (unpaired) electrons. The van der Waals surface area contributed by atoms with Crippen LogP contribution in [0.5, 0.6) is 5.75 Å². The van der Waals surface area contributed by atoms with E-state index in [2.05, 4.69) is 0 Å². The van der Waals surface area contributed by atoms with Gasteiger partial charge in [-0.3, -0.25) is 0 Å². The maximum atomic E-state index is 5.63. The van der Waals surface area contributed by atoms with Crippen LogP contribution in [-0.2, 0) is 15.9 Å². The summed E-state index contributed by atoms with van der Waals surface area (Å²) in [6, 6.07) is 7.94. The van der Waals surface area contributed by atoms with Gasteiger partial charge in [-0.1, -0.05) is 12.1 Å². The van der Waals surface area contributed by atoms with Crippen LogP contribution in [0.4, 0.5) is 0 Å². The molecule has 0 fully saturated rings. The van der Waals surface area contributed by atoms with E-state index in [0.717, 1.165) is 12.2 Å². The molecule has 18 heavy (non-hydrogen) atoms. The summed E-state index contributed by atoms with van der Waals surface area (Å²) in [5.41, 5.74) is 6.72. The Kier molecular flexibility index (Phi) is 7.41. The lowest BCUT2D eigenvalue weighted by molar-refractivity contribution is -0.152. The molecule has 4 heteroatoms. The minimum Gasteiger partial charge on any atom is -0.488 e. The molecule has 0 aliphatic carbocycles. The highest BCUT2D eigenvalue weighted by Crippen LogP contribution is 2.13. The first-order valence-corrected chi connectivity index (χ1v) is 6.45. The van der Waals surface area contributed by atoms with Crippen molar-refractivity contribution in [2.45, 2.75) is 26.6 Å². The normalized spacial score (nSPS) is 10.9. The summed E-state index contributed by atoms with van der Waals surface area (Å²) in [7, 11) is 0. The van der Waals surface area contributed by atoms with Crippen LogP contribution in [0.3, 0.4) is 0 Å². The second kappa shape index (κ2) is 8.91. The fraction of sp³-hybridized carbons (Fsp3) is 0.571. The average Bonchev–Trinajstić information content (AvgIpc) is 2.38. The van der Waals surface area contributed by atoms with Crippen LogP contribution in [0.2, 0.25) is 0 Å². The molecule has 0 heterocycles. The van der Waals surface area contributed by atoms with E-state index < -0.39 is 0 Å². The summed E-state index contributed by atoms with van der Waals surface area (Å²) >= 11 is 0. The van der Waals surface area contributed by atoms with Crippen molar-refractivity contribution in [2.75, 3.05) is 26.4 Å². The fourth-order valence-electron chi connectivity index (χ4n) is 1.60. The number of rotatable bonds is 9. The zero-order valence-corrected chi connectivity index (χ0v) is 11.2. The van der Waals surface area contributed by atoms with Gasteiger partial charge in [0.1, 0.15) is 12.4 Å². The van der Waals surface area contributed by atoms with Crippen molar-refractivity contribution in [1.29, 1.82) is 0 Å². The quantitative estimate of drug-likeness (QED) is 0.684. The Morgan fingerprint density at radius 3 is 2.17 bits per heavy atom. The first kappa shape index (κ1) is 15.0. The largest absolute Gasteiger partial charge is 0.488 e. The topological polar surface area (TPSA) is 53.7 Å². The molecule has 1 aromatic rings. The Bertz CT molecular complexity index is 307. The predicted octanol–water partition coefficient (Wildman–Crippen LogP) is 1.97. The Morgan fingerprint density at radius 1 is 1.06 bits per heavy atom. The van der Waals surface area contributed by atoms with Crippen molar-refractivity contribution in [3.63, 3.8) is 0 Å². The second-order valence-corrected chi connectivity index (χ2v) is 3.83. The molecule has 1 rings (SSSR count). The van der Waals surface area contributed by atoms with E-state index in [-0.39, 0.29) is 6.29 Å². The van der Waals surface area contributed by atoms with Gasteiger partial charge in [-0.15, -0.1) is 0 Å². The standard InChI is InChI=1S/C14H23NO3/c1-3-16-14(17-4-2)11-18-13-7-5-12(6-8-13)9-10-15/h5-8,14H,3-4,9-11,15H2,1-2H3. The van der Waals surface area contributed by atoms with E-state index in [9.17, 15) is 0 Å². The van der Waals surface area contributed by atoms with Crippen molar-refractivity contribution in [2.24, 2.45) is 5.73 Å². The number of nitrogens with two attached hydrogens (primary N) is 1. The lowest BCUT2D eigenvalue weighted by atomic mass is 10.1. The SMILES string of the molecule is CCOC(COc1ccc(CCN)cc1)OCC. The molecule has 0 saturated heterocycles. The second-order valence-electron chi connectivity index (χ2n) is 3.83. The predicted molar refractivity (Wildman–Crippen MR) is 71.7 cm³/mol. The molecule has 0 bridgehead atoms. The lowest BCUT2D eigenvalue weighted by Gasteiger charge is -2.17. The van der Waals surface area contributed by atoms with Gasteiger partial charge in [0.25, 0.3) is 0 Å². The number of hydrogen-bond donors (Lipinski definition) is 1. The molecule has 102 valence electrons. The number of ether oxygens (including phenoxy) is 3. The molecule has 4 nitrogen and oxygen atoms in total. The maximum Gasteiger partial charge on any atom is 0.191 e. The van der Waals surface area contributed by atoms with Crippen LogP contribution in [0, 0.1) is 0 Å². The molecular weight excluding hydrogens is 230 g/mol. The van der Waals surface area contributed by atoms with Gasteiger partial charge in [0.15, 0.2) is 6.29 Å². The zero-order valence-electron chi connectivity index (χ0n) is 11.2. The van der Waals surface area contributed by atoms with Gasteiger partial charge < -0.3 is 19.9 Å². The molecule has 0 aliphatic rings. The van der Waals surface area contributed by atoms with Gasteiger partial charge in [0, 0.05) is 13.2 Å². The van der Waals surface area contributed by atoms with Crippen LogP contribution in [-0.4, -0.2) is 32.7 Å². The monoisotopic (exact) mass is 253 g/mol. The number of benzene rings is 1. The molecule has 0 atom stereocenters. The van der Waals surface area contributed by atoms with Gasteiger partial charge in [0.05, 0.1) is 0 Å². The Balaban J connectivity index is 2.41. The van der Waals surface area contributed by atoms with E-state index in [4.69, 9.17) is 19.9 Å². The Labute approximate surface area is 109 Å². The molecule has 0 aromatic heterocycles. The molecule has 0 unspecified atom stereocenters.